The molecule has 5 aliphatic rings. The van der Waals surface area contributed by atoms with Gasteiger partial charge in [-0.15, -0.1) is 0 Å². The third-order valence-electron chi connectivity index (χ3n) is 7.04. The number of nitrogens with two attached hydrogens (primary N) is 1. The molecule has 1 saturated heterocycles. The summed E-state index contributed by atoms with van der Waals surface area (Å²) in [7, 11) is 0. The number of piperidine rings is 1. The fraction of sp³-hybridized carbons (Fsp3) is 1.00. The van der Waals surface area contributed by atoms with Gasteiger partial charge >= 0.3 is 0 Å². The standard InChI is InChI=1S/C16H28N2O/c17-16(1-3-18(11-19)4-2-16)15-8-12-5-13(9-15)7-14(6-12)10-15/h12-14,19H,1-11,17H2. The van der Waals surface area contributed by atoms with Gasteiger partial charge in [0.2, 0.25) is 0 Å². The first-order chi connectivity index (χ1) is 9.12. The Labute approximate surface area is 116 Å². The van der Waals surface area contributed by atoms with Gasteiger partial charge in [-0.2, -0.15) is 0 Å². The summed E-state index contributed by atoms with van der Waals surface area (Å²) in [6, 6.07) is 0. The molecule has 0 spiro atoms. The number of likely N-dealkylation sites (tertiary alicyclic amines) is 1. The lowest BCUT2D eigenvalue weighted by atomic mass is 9.43. The second kappa shape index (κ2) is 4.19. The molecule has 4 saturated carbocycles. The summed E-state index contributed by atoms with van der Waals surface area (Å²) in [5.74, 6) is 2.97. The highest BCUT2D eigenvalue weighted by Crippen LogP contribution is 2.64. The maximum absolute atomic E-state index is 9.28. The fourth-order valence-corrected chi connectivity index (χ4v) is 6.34. The molecule has 4 aliphatic carbocycles. The van der Waals surface area contributed by atoms with Crippen molar-refractivity contribution in [3.8, 4) is 0 Å². The average Bonchev–Trinajstić information content (AvgIpc) is 2.38. The number of aliphatic hydroxyl groups is 1. The summed E-state index contributed by atoms with van der Waals surface area (Å²) >= 11 is 0. The van der Waals surface area contributed by atoms with Crippen molar-refractivity contribution in [1.29, 1.82) is 0 Å². The van der Waals surface area contributed by atoms with Crippen molar-refractivity contribution in [1.82, 2.24) is 4.90 Å². The first-order valence-electron chi connectivity index (χ1n) is 8.25. The quantitative estimate of drug-likeness (QED) is 0.801. The first-order valence-corrected chi connectivity index (χ1v) is 8.25. The van der Waals surface area contributed by atoms with E-state index in [9.17, 15) is 5.11 Å². The number of nitrogens with zero attached hydrogens (tertiary/aromatic N) is 1. The summed E-state index contributed by atoms with van der Waals surface area (Å²) in [4.78, 5) is 2.14. The van der Waals surface area contributed by atoms with E-state index in [1.165, 1.54) is 38.5 Å². The molecule has 3 nitrogen and oxygen atoms in total. The minimum Gasteiger partial charge on any atom is -0.381 e. The van der Waals surface area contributed by atoms with Crippen LogP contribution in [0.1, 0.15) is 51.4 Å². The van der Waals surface area contributed by atoms with Crippen molar-refractivity contribution in [3.05, 3.63) is 0 Å². The zero-order chi connectivity index (χ0) is 13.1. The lowest BCUT2D eigenvalue weighted by molar-refractivity contribution is -0.115. The van der Waals surface area contributed by atoms with Crippen molar-refractivity contribution in [3.63, 3.8) is 0 Å². The van der Waals surface area contributed by atoms with E-state index in [1.807, 2.05) is 0 Å². The van der Waals surface area contributed by atoms with Crippen LogP contribution in [0.4, 0.5) is 0 Å². The van der Waals surface area contributed by atoms with Crippen LogP contribution in [0.25, 0.3) is 0 Å². The highest BCUT2D eigenvalue weighted by atomic mass is 16.3. The molecule has 5 fully saturated rings. The van der Waals surface area contributed by atoms with E-state index in [0.717, 1.165) is 43.7 Å². The predicted octanol–water partition coefficient (Wildman–Crippen LogP) is 1.95. The van der Waals surface area contributed by atoms with Gasteiger partial charge in [0.05, 0.1) is 6.73 Å². The molecule has 1 heterocycles. The maximum Gasteiger partial charge on any atom is 0.0956 e. The molecule has 0 amide bonds. The van der Waals surface area contributed by atoms with Crippen molar-refractivity contribution >= 4 is 0 Å². The molecule has 0 atom stereocenters. The highest BCUT2D eigenvalue weighted by molar-refractivity contribution is 5.13. The van der Waals surface area contributed by atoms with Gasteiger partial charge in [0.25, 0.3) is 0 Å². The molecule has 5 rings (SSSR count). The third kappa shape index (κ3) is 1.81. The van der Waals surface area contributed by atoms with E-state index in [2.05, 4.69) is 4.90 Å². The lowest BCUT2D eigenvalue weighted by Crippen LogP contribution is -2.65. The van der Waals surface area contributed by atoms with Crippen LogP contribution in [0.5, 0.6) is 0 Å². The van der Waals surface area contributed by atoms with Gasteiger partial charge in [-0.05, 0) is 74.5 Å². The second-order valence-electron chi connectivity index (χ2n) is 8.11. The molecule has 1 aliphatic heterocycles. The van der Waals surface area contributed by atoms with Gasteiger partial charge in [0.15, 0.2) is 0 Å². The van der Waals surface area contributed by atoms with Crippen LogP contribution in [-0.4, -0.2) is 35.4 Å². The highest BCUT2D eigenvalue weighted by Gasteiger charge is 2.59. The topological polar surface area (TPSA) is 49.5 Å². The Morgan fingerprint density at radius 1 is 0.947 bits per heavy atom. The monoisotopic (exact) mass is 264 g/mol. The van der Waals surface area contributed by atoms with Crippen LogP contribution >= 0.6 is 0 Å². The number of rotatable bonds is 2. The SMILES string of the molecule is NC1(C23CC4CC(CC(C4)C2)C3)CCN(CO)CC1. The summed E-state index contributed by atoms with van der Waals surface area (Å²) in [6.07, 6.45) is 10.9. The number of aliphatic hydroxyl groups excluding tert-OH is 1. The lowest BCUT2D eigenvalue weighted by Gasteiger charge is -2.64. The summed E-state index contributed by atoms with van der Waals surface area (Å²) in [5, 5.41) is 9.28. The van der Waals surface area contributed by atoms with Crippen LogP contribution in [0.2, 0.25) is 0 Å². The zero-order valence-electron chi connectivity index (χ0n) is 12.0. The molecule has 0 aromatic carbocycles. The Bertz CT molecular complexity index is 324. The molecular weight excluding hydrogens is 236 g/mol. The predicted molar refractivity (Wildman–Crippen MR) is 75.4 cm³/mol. The fourth-order valence-electron chi connectivity index (χ4n) is 6.34. The van der Waals surface area contributed by atoms with Crippen LogP contribution in [0.15, 0.2) is 0 Å². The van der Waals surface area contributed by atoms with Gasteiger partial charge in [-0.3, -0.25) is 4.90 Å². The third-order valence-corrected chi connectivity index (χ3v) is 7.04. The van der Waals surface area contributed by atoms with Crippen molar-refractivity contribution in [2.45, 2.75) is 56.9 Å². The molecule has 4 bridgehead atoms. The van der Waals surface area contributed by atoms with Crippen molar-refractivity contribution in [2.24, 2.45) is 28.9 Å². The molecule has 3 N–H and O–H groups in total. The Hall–Kier alpha value is -0.120. The van der Waals surface area contributed by atoms with E-state index in [0.29, 0.717) is 5.41 Å². The summed E-state index contributed by atoms with van der Waals surface area (Å²) in [6.45, 7) is 2.19. The summed E-state index contributed by atoms with van der Waals surface area (Å²) in [5.41, 5.74) is 7.49. The van der Waals surface area contributed by atoms with Crippen LogP contribution in [-0.2, 0) is 0 Å². The van der Waals surface area contributed by atoms with Gasteiger partial charge < -0.3 is 10.8 Å². The van der Waals surface area contributed by atoms with E-state index in [1.54, 1.807) is 0 Å². The minimum atomic E-state index is 0.0642. The average molecular weight is 264 g/mol. The first kappa shape index (κ1) is 12.6. The van der Waals surface area contributed by atoms with Crippen molar-refractivity contribution in [2.75, 3.05) is 19.8 Å². The molecule has 0 radical (unpaired) electrons. The molecule has 0 unspecified atom stereocenters. The van der Waals surface area contributed by atoms with Gasteiger partial charge in [-0.25, -0.2) is 0 Å². The molecule has 108 valence electrons. The number of hydrogen-bond acceptors (Lipinski definition) is 3. The number of hydrogen-bond donors (Lipinski definition) is 2. The second-order valence-corrected chi connectivity index (χ2v) is 8.11. The van der Waals surface area contributed by atoms with E-state index in [-0.39, 0.29) is 12.3 Å². The smallest absolute Gasteiger partial charge is 0.0956 e. The van der Waals surface area contributed by atoms with Crippen LogP contribution in [0, 0.1) is 23.2 Å². The van der Waals surface area contributed by atoms with Crippen LogP contribution < -0.4 is 5.73 Å². The van der Waals surface area contributed by atoms with E-state index < -0.39 is 0 Å². The van der Waals surface area contributed by atoms with Gasteiger partial charge in [0.1, 0.15) is 0 Å². The minimum absolute atomic E-state index is 0.0642. The normalized spacial score (nSPS) is 48.6. The Morgan fingerprint density at radius 2 is 1.42 bits per heavy atom. The maximum atomic E-state index is 9.28. The largest absolute Gasteiger partial charge is 0.381 e. The molecule has 19 heavy (non-hydrogen) atoms. The summed E-state index contributed by atoms with van der Waals surface area (Å²) < 4.78 is 0. The molecule has 3 heteroatoms. The van der Waals surface area contributed by atoms with Gasteiger partial charge in [0, 0.05) is 18.6 Å². The van der Waals surface area contributed by atoms with Crippen molar-refractivity contribution < 1.29 is 5.11 Å². The Morgan fingerprint density at radius 3 is 1.84 bits per heavy atom. The van der Waals surface area contributed by atoms with E-state index in [4.69, 9.17) is 5.73 Å². The Balaban J connectivity index is 1.58. The van der Waals surface area contributed by atoms with Crippen LogP contribution in [0.3, 0.4) is 0 Å². The van der Waals surface area contributed by atoms with Gasteiger partial charge in [-0.1, -0.05) is 0 Å². The Kier molecular flexibility index (Phi) is 2.78. The van der Waals surface area contributed by atoms with E-state index >= 15 is 0 Å². The molecule has 0 aromatic heterocycles. The molecular formula is C16H28N2O. The molecule has 0 aromatic rings. The zero-order valence-corrected chi connectivity index (χ0v) is 12.0.